The first-order chi connectivity index (χ1) is 14.4. The van der Waals surface area contributed by atoms with Crippen molar-refractivity contribution in [3.05, 3.63) is 39.6 Å². The van der Waals surface area contributed by atoms with Crippen LogP contribution in [0, 0.1) is 0 Å². The smallest absolute Gasteiger partial charge is 0.261 e. The summed E-state index contributed by atoms with van der Waals surface area (Å²) < 4.78 is 10.6. The molecule has 10 nitrogen and oxygen atoms in total. The van der Waals surface area contributed by atoms with Gasteiger partial charge in [0.15, 0.2) is 11.5 Å². The number of carbonyl (C=O) groups excluding carboxylic acids is 2. The molecule has 1 saturated carbocycles. The average molecular weight is 434 g/mol. The van der Waals surface area contributed by atoms with Gasteiger partial charge in [0.25, 0.3) is 11.8 Å². The van der Waals surface area contributed by atoms with E-state index in [0.29, 0.717) is 4.88 Å². The number of aromatic hydroxyl groups is 1. The van der Waals surface area contributed by atoms with Gasteiger partial charge in [-0.3, -0.25) is 9.59 Å². The molecule has 2 aliphatic heterocycles. The van der Waals surface area contributed by atoms with Crippen molar-refractivity contribution in [2.24, 2.45) is 0 Å². The highest BCUT2D eigenvalue weighted by atomic mass is 32.1. The summed E-state index contributed by atoms with van der Waals surface area (Å²) in [7, 11) is 0. The minimum absolute atomic E-state index is 0.0264. The molecule has 2 amide bonds. The van der Waals surface area contributed by atoms with Crippen molar-refractivity contribution >= 4 is 23.2 Å². The summed E-state index contributed by atoms with van der Waals surface area (Å²) in [4.78, 5) is 25.8. The molecule has 2 aromatic rings. The minimum atomic E-state index is -1.61. The van der Waals surface area contributed by atoms with Crippen LogP contribution in [0.4, 0.5) is 0 Å². The molecule has 30 heavy (non-hydrogen) atoms. The lowest BCUT2D eigenvalue weighted by atomic mass is 9.68. The maximum absolute atomic E-state index is 12.7. The highest BCUT2D eigenvalue weighted by molar-refractivity contribution is 7.12. The Labute approximate surface area is 173 Å². The SMILES string of the molecule is O=C(NC1C(O)C(O)C(O)C2NC(=O)c3c(cc4c(c3O)OCO4)C12)c1cccs1. The number of fused-ring (bicyclic) bond motifs is 4. The van der Waals surface area contributed by atoms with Crippen LogP contribution in [0.1, 0.15) is 31.5 Å². The predicted molar refractivity (Wildman–Crippen MR) is 102 cm³/mol. The molecule has 3 heterocycles. The topological polar surface area (TPSA) is 158 Å². The van der Waals surface area contributed by atoms with E-state index < -0.39 is 53.9 Å². The van der Waals surface area contributed by atoms with E-state index >= 15 is 0 Å². The number of hydrogen-bond acceptors (Lipinski definition) is 9. The number of hydrogen-bond donors (Lipinski definition) is 6. The summed E-state index contributed by atoms with van der Waals surface area (Å²) in [5, 5.41) is 49.2. The summed E-state index contributed by atoms with van der Waals surface area (Å²) in [5.74, 6) is -2.19. The Hall–Kier alpha value is -2.86. The Bertz CT molecular complexity index is 1030. The van der Waals surface area contributed by atoms with Crippen LogP contribution in [0.2, 0.25) is 0 Å². The van der Waals surface area contributed by atoms with Crippen LogP contribution in [0.5, 0.6) is 17.2 Å². The molecule has 158 valence electrons. The zero-order chi connectivity index (χ0) is 21.2. The molecular weight excluding hydrogens is 416 g/mol. The molecule has 1 aromatic heterocycles. The standard InChI is InChI=1S/C19H18N2O8S/c22-13-10-6(4-7-17(13)29-5-28-7)9-11(20-18(26)8-2-1-3-30-8)14(23)16(25)15(24)12(9)21-19(10)27/h1-4,9,11-12,14-16,22-25H,5H2,(H,20,26)(H,21,27). The lowest BCUT2D eigenvalue weighted by Crippen LogP contribution is -2.69. The maximum atomic E-state index is 12.7. The van der Waals surface area contributed by atoms with E-state index in [1.54, 1.807) is 17.5 Å². The van der Waals surface area contributed by atoms with Gasteiger partial charge in [-0.05, 0) is 23.1 Å². The molecule has 1 fully saturated rings. The summed E-state index contributed by atoms with van der Waals surface area (Å²) in [6.07, 6.45) is -4.63. The molecule has 1 aromatic carbocycles. The summed E-state index contributed by atoms with van der Waals surface area (Å²) in [6.45, 7) is -0.135. The van der Waals surface area contributed by atoms with Crippen LogP contribution in [0.3, 0.4) is 0 Å². The highest BCUT2D eigenvalue weighted by Gasteiger charge is 2.54. The van der Waals surface area contributed by atoms with Gasteiger partial charge >= 0.3 is 0 Å². The average Bonchev–Trinajstić information content (AvgIpc) is 3.41. The van der Waals surface area contributed by atoms with Crippen LogP contribution < -0.4 is 20.1 Å². The molecule has 6 unspecified atom stereocenters. The fourth-order valence-electron chi connectivity index (χ4n) is 4.41. The number of amides is 2. The largest absolute Gasteiger partial charge is 0.504 e. The van der Waals surface area contributed by atoms with E-state index in [4.69, 9.17) is 9.47 Å². The van der Waals surface area contributed by atoms with E-state index in [1.165, 1.54) is 17.4 Å². The van der Waals surface area contributed by atoms with Crippen LogP contribution in [0.15, 0.2) is 23.6 Å². The number of phenolic OH excluding ortho intramolecular Hbond substituents is 1. The first-order valence-corrected chi connectivity index (χ1v) is 10.1. The molecule has 0 saturated heterocycles. The number of rotatable bonds is 2. The van der Waals surface area contributed by atoms with E-state index in [1.807, 2.05) is 0 Å². The minimum Gasteiger partial charge on any atom is -0.504 e. The number of aliphatic hydroxyl groups excluding tert-OH is 3. The maximum Gasteiger partial charge on any atom is 0.261 e. The molecule has 1 aliphatic carbocycles. The van der Waals surface area contributed by atoms with E-state index in [-0.39, 0.29) is 29.4 Å². The number of benzene rings is 1. The molecule has 3 aliphatic rings. The number of carbonyl (C=O) groups is 2. The molecule has 0 bridgehead atoms. The zero-order valence-corrected chi connectivity index (χ0v) is 16.1. The molecule has 6 atom stereocenters. The fraction of sp³-hybridized carbons (Fsp3) is 0.368. The molecular formula is C19H18N2O8S. The van der Waals surface area contributed by atoms with Crippen LogP contribution in [-0.2, 0) is 0 Å². The lowest BCUT2D eigenvalue weighted by Gasteiger charge is -2.49. The third-order valence-electron chi connectivity index (χ3n) is 5.80. The zero-order valence-electron chi connectivity index (χ0n) is 15.3. The van der Waals surface area contributed by atoms with Crippen molar-refractivity contribution in [2.45, 2.75) is 36.3 Å². The molecule has 0 spiro atoms. The van der Waals surface area contributed by atoms with Gasteiger partial charge in [0.05, 0.1) is 22.5 Å². The van der Waals surface area contributed by atoms with Crippen molar-refractivity contribution in [3.8, 4) is 17.2 Å². The first kappa shape index (κ1) is 19.1. The highest BCUT2D eigenvalue weighted by Crippen LogP contribution is 2.50. The lowest BCUT2D eigenvalue weighted by molar-refractivity contribution is -0.117. The quantitative estimate of drug-likeness (QED) is 0.361. The van der Waals surface area contributed by atoms with Gasteiger partial charge in [-0.1, -0.05) is 6.07 Å². The Morgan fingerprint density at radius 2 is 2.00 bits per heavy atom. The Morgan fingerprint density at radius 3 is 2.73 bits per heavy atom. The first-order valence-electron chi connectivity index (χ1n) is 9.23. The Morgan fingerprint density at radius 1 is 1.20 bits per heavy atom. The molecule has 11 heteroatoms. The number of thiophene rings is 1. The van der Waals surface area contributed by atoms with Crippen molar-refractivity contribution in [2.75, 3.05) is 6.79 Å². The van der Waals surface area contributed by atoms with Crippen LogP contribution in [0.25, 0.3) is 0 Å². The third kappa shape index (κ3) is 2.67. The molecule has 0 radical (unpaired) electrons. The van der Waals surface area contributed by atoms with E-state index in [0.717, 1.165) is 0 Å². The third-order valence-corrected chi connectivity index (χ3v) is 6.67. The molecule has 5 rings (SSSR count). The second-order valence-corrected chi connectivity index (χ2v) is 8.34. The van der Waals surface area contributed by atoms with Gasteiger partial charge in [-0.25, -0.2) is 0 Å². The number of phenols is 1. The number of ether oxygens (including phenoxy) is 2. The number of nitrogens with one attached hydrogen (secondary N) is 2. The van der Waals surface area contributed by atoms with Gasteiger partial charge in [0.2, 0.25) is 12.5 Å². The monoisotopic (exact) mass is 434 g/mol. The van der Waals surface area contributed by atoms with Crippen LogP contribution >= 0.6 is 11.3 Å². The van der Waals surface area contributed by atoms with Gasteiger partial charge in [-0.15, -0.1) is 11.3 Å². The second-order valence-electron chi connectivity index (χ2n) is 7.40. The summed E-state index contributed by atoms with van der Waals surface area (Å²) in [5.41, 5.74) is 0.179. The van der Waals surface area contributed by atoms with Crippen molar-refractivity contribution in [1.82, 2.24) is 10.6 Å². The normalized spacial score (nSPS) is 31.5. The van der Waals surface area contributed by atoms with Gasteiger partial charge in [0.1, 0.15) is 18.3 Å². The Balaban J connectivity index is 1.62. The van der Waals surface area contributed by atoms with Gasteiger partial charge in [0, 0.05) is 5.92 Å². The fourth-order valence-corrected chi connectivity index (χ4v) is 5.04. The second kappa shape index (κ2) is 6.84. The van der Waals surface area contributed by atoms with Crippen LogP contribution in [-0.4, -0.2) is 69.4 Å². The Kier molecular flexibility index (Phi) is 4.36. The van der Waals surface area contributed by atoms with Crippen molar-refractivity contribution in [3.63, 3.8) is 0 Å². The predicted octanol–water partition coefficient (Wildman–Crippen LogP) is -0.727. The van der Waals surface area contributed by atoms with Gasteiger partial charge < -0.3 is 40.5 Å². The van der Waals surface area contributed by atoms with Crippen molar-refractivity contribution < 1.29 is 39.5 Å². The number of aliphatic hydroxyl groups is 3. The summed E-state index contributed by atoms with van der Waals surface area (Å²) in [6, 6.07) is 2.72. The molecule has 6 N–H and O–H groups in total. The summed E-state index contributed by atoms with van der Waals surface area (Å²) >= 11 is 1.20. The van der Waals surface area contributed by atoms with Gasteiger partial charge in [-0.2, -0.15) is 0 Å². The van der Waals surface area contributed by atoms with Crippen molar-refractivity contribution in [1.29, 1.82) is 0 Å². The van der Waals surface area contributed by atoms with E-state index in [9.17, 15) is 30.0 Å². The van der Waals surface area contributed by atoms with E-state index in [2.05, 4.69) is 10.6 Å².